The van der Waals surface area contributed by atoms with Crippen molar-refractivity contribution in [3.05, 3.63) is 29.3 Å². The van der Waals surface area contributed by atoms with Crippen molar-refractivity contribution < 1.29 is 18.3 Å². The van der Waals surface area contributed by atoms with Crippen LogP contribution in [0.5, 0.6) is 0 Å². The number of sulfonamides is 1. The summed E-state index contributed by atoms with van der Waals surface area (Å²) in [5, 5.41) is 8.78. The molecule has 0 radical (unpaired) electrons. The fraction of sp³-hybridized carbons (Fsp3) is 0.300. The smallest absolute Gasteiger partial charge is 0.335 e. The minimum absolute atomic E-state index is 0.00856. The third kappa shape index (κ3) is 2.59. The molecule has 0 bridgehead atoms. The quantitative estimate of drug-likeness (QED) is 0.826. The molecule has 0 fully saturated rings. The summed E-state index contributed by atoms with van der Waals surface area (Å²) in [7, 11) is -3.61. The summed E-state index contributed by atoms with van der Waals surface area (Å²) in [6, 6.07) is 4.02. The molecule has 0 aliphatic carbocycles. The molecule has 88 valence electrons. The molecule has 0 saturated heterocycles. The molecule has 5 nitrogen and oxygen atoms in total. The molecule has 16 heavy (non-hydrogen) atoms. The monoisotopic (exact) mass is 243 g/mol. The number of carboxylic acid groups (broad SMARTS) is 1. The molecule has 0 atom stereocenters. The van der Waals surface area contributed by atoms with Crippen molar-refractivity contribution in [2.24, 2.45) is 0 Å². The summed E-state index contributed by atoms with van der Waals surface area (Å²) >= 11 is 0. The van der Waals surface area contributed by atoms with Crippen LogP contribution in [0, 0.1) is 6.92 Å². The highest BCUT2D eigenvalue weighted by Crippen LogP contribution is 2.16. The molecule has 0 aliphatic heterocycles. The van der Waals surface area contributed by atoms with E-state index >= 15 is 0 Å². The maximum atomic E-state index is 11.7. The van der Waals surface area contributed by atoms with Crippen LogP contribution in [0.4, 0.5) is 0 Å². The minimum atomic E-state index is -3.61. The Morgan fingerprint density at radius 1 is 1.44 bits per heavy atom. The van der Waals surface area contributed by atoms with Gasteiger partial charge in [-0.1, -0.05) is 13.0 Å². The van der Waals surface area contributed by atoms with E-state index in [0.29, 0.717) is 5.56 Å². The molecular formula is C10H13NO4S. The molecule has 0 unspecified atom stereocenters. The zero-order chi connectivity index (χ0) is 12.3. The average Bonchev–Trinajstić information content (AvgIpc) is 2.17. The number of aryl methyl sites for hydroxylation is 1. The van der Waals surface area contributed by atoms with Crippen molar-refractivity contribution in [1.82, 2.24) is 4.72 Å². The molecule has 0 saturated carbocycles. The predicted molar refractivity (Wildman–Crippen MR) is 59.0 cm³/mol. The number of hydrogen-bond donors (Lipinski definition) is 2. The highest BCUT2D eigenvalue weighted by atomic mass is 32.2. The molecular weight excluding hydrogens is 230 g/mol. The Morgan fingerprint density at radius 3 is 2.56 bits per heavy atom. The number of benzene rings is 1. The normalized spacial score (nSPS) is 11.4. The second-order valence-electron chi connectivity index (χ2n) is 3.29. The Bertz CT molecular complexity index is 508. The van der Waals surface area contributed by atoms with Crippen molar-refractivity contribution in [3.63, 3.8) is 0 Å². The van der Waals surface area contributed by atoms with E-state index in [1.807, 2.05) is 0 Å². The Labute approximate surface area is 94.2 Å². The van der Waals surface area contributed by atoms with Crippen LogP contribution in [-0.4, -0.2) is 26.0 Å². The third-order valence-electron chi connectivity index (χ3n) is 2.06. The summed E-state index contributed by atoms with van der Waals surface area (Å²) in [5.74, 6) is -1.15. The van der Waals surface area contributed by atoms with Crippen LogP contribution in [0.25, 0.3) is 0 Å². The van der Waals surface area contributed by atoms with E-state index in [2.05, 4.69) is 4.72 Å². The first-order valence-electron chi connectivity index (χ1n) is 4.72. The van der Waals surface area contributed by atoms with E-state index in [4.69, 9.17) is 5.11 Å². The van der Waals surface area contributed by atoms with E-state index in [1.165, 1.54) is 12.1 Å². The van der Waals surface area contributed by atoms with Gasteiger partial charge in [0.1, 0.15) is 0 Å². The molecule has 0 amide bonds. The molecule has 1 rings (SSSR count). The maximum absolute atomic E-state index is 11.7. The molecule has 1 aromatic rings. The SMILES string of the molecule is CCNS(=O)(=O)c1cc(C(=O)O)ccc1C. The fourth-order valence-electron chi connectivity index (χ4n) is 1.29. The molecule has 0 aliphatic rings. The second-order valence-corrected chi connectivity index (χ2v) is 5.02. The number of rotatable bonds is 4. The fourth-order valence-corrected chi connectivity index (χ4v) is 2.60. The zero-order valence-electron chi connectivity index (χ0n) is 9.02. The number of carbonyl (C=O) groups is 1. The van der Waals surface area contributed by atoms with Crippen molar-refractivity contribution in [2.45, 2.75) is 18.7 Å². The van der Waals surface area contributed by atoms with Crippen LogP contribution in [0.15, 0.2) is 23.1 Å². The van der Waals surface area contributed by atoms with Gasteiger partial charge in [0.05, 0.1) is 10.5 Å². The average molecular weight is 243 g/mol. The lowest BCUT2D eigenvalue weighted by Crippen LogP contribution is -2.24. The lowest BCUT2D eigenvalue weighted by molar-refractivity contribution is 0.0696. The van der Waals surface area contributed by atoms with E-state index in [0.717, 1.165) is 6.07 Å². The lowest BCUT2D eigenvalue weighted by atomic mass is 10.1. The Kier molecular flexibility index (Phi) is 3.66. The summed E-state index contributed by atoms with van der Waals surface area (Å²) < 4.78 is 25.8. The van der Waals surface area contributed by atoms with E-state index in [1.54, 1.807) is 13.8 Å². The van der Waals surface area contributed by atoms with Gasteiger partial charge in [-0.25, -0.2) is 17.9 Å². The lowest BCUT2D eigenvalue weighted by Gasteiger charge is -2.08. The number of nitrogens with one attached hydrogen (secondary N) is 1. The van der Waals surface area contributed by atoms with Crippen LogP contribution in [0.1, 0.15) is 22.8 Å². The molecule has 0 spiro atoms. The maximum Gasteiger partial charge on any atom is 0.335 e. The Morgan fingerprint density at radius 2 is 2.06 bits per heavy atom. The summed E-state index contributed by atoms with van der Waals surface area (Å²) in [5.41, 5.74) is 0.480. The van der Waals surface area contributed by atoms with E-state index < -0.39 is 16.0 Å². The van der Waals surface area contributed by atoms with Crippen molar-refractivity contribution in [3.8, 4) is 0 Å². The highest BCUT2D eigenvalue weighted by molar-refractivity contribution is 7.89. The van der Waals surface area contributed by atoms with Gasteiger partial charge in [0.25, 0.3) is 0 Å². The molecule has 1 aromatic carbocycles. The zero-order valence-corrected chi connectivity index (χ0v) is 9.84. The first-order chi connectivity index (χ1) is 7.38. The molecule has 6 heteroatoms. The van der Waals surface area contributed by atoms with Crippen molar-refractivity contribution >= 4 is 16.0 Å². The van der Waals surface area contributed by atoms with Gasteiger partial charge in [-0.15, -0.1) is 0 Å². The first-order valence-corrected chi connectivity index (χ1v) is 6.20. The summed E-state index contributed by atoms with van der Waals surface area (Å²) in [4.78, 5) is 10.7. The minimum Gasteiger partial charge on any atom is -0.478 e. The number of aromatic carboxylic acids is 1. The van der Waals surface area contributed by atoms with Crippen LogP contribution >= 0.6 is 0 Å². The van der Waals surface area contributed by atoms with Gasteiger partial charge < -0.3 is 5.11 Å². The Balaban J connectivity index is 3.33. The van der Waals surface area contributed by atoms with Crippen LogP contribution in [-0.2, 0) is 10.0 Å². The standard InChI is InChI=1S/C10H13NO4S/c1-3-11-16(14,15)9-6-8(10(12)13)5-4-7(9)2/h4-6,11H,3H2,1-2H3,(H,12,13). The number of hydrogen-bond acceptors (Lipinski definition) is 3. The van der Waals surface area contributed by atoms with Gasteiger partial charge in [0.15, 0.2) is 0 Å². The van der Waals surface area contributed by atoms with Crippen molar-refractivity contribution in [1.29, 1.82) is 0 Å². The van der Waals surface area contributed by atoms with Gasteiger partial charge in [-0.05, 0) is 24.6 Å². The Hall–Kier alpha value is -1.40. The largest absolute Gasteiger partial charge is 0.478 e. The van der Waals surface area contributed by atoms with Crippen LogP contribution < -0.4 is 4.72 Å². The van der Waals surface area contributed by atoms with Gasteiger partial charge in [-0.2, -0.15) is 0 Å². The molecule has 2 N–H and O–H groups in total. The molecule has 0 heterocycles. The third-order valence-corrected chi connectivity index (χ3v) is 3.75. The van der Waals surface area contributed by atoms with E-state index in [9.17, 15) is 13.2 Å². The number of carboxylic acids is 1. The van der Waals surface area contributed by atoms with Gasteiger partial charge in [-0.3, -0.25) is 0 Å². The summed E-state index contributed by atoms with van der Waals surface area (Å²) in [6.07, 6.45) is 0. The molecule has 0 aromatic heterocycles. The highest BCUT2D eigenvalue weighted by Gasteiger charge is 2.17. The van der Waals surface area contributed by atoms with E-state index in [-0.39, 0.29) is 17.0 Å². The van der Waals surface area contributed by atoms with Gasteiger partial charge >= 0.3 is 5.97 Å². The van der Waals surface area contributed by atoms with Crippen LogP contribution in [0.2, 0.25) is 0 Å². The summed E-state index contributed by atoms with van der Waals surface area (Å²) in [6.45, 7) is 3.54. The topological polar surface area (TPSA) is 83.5 Å². The second kappa shape index (κ2) is 4.63. The van der Waals surface area contributed by atoms with Crippen molar-refractivity contribution in [2.75, 3.05) is 6.54 Å². The first kappa shape index (κ1) is 12.7. The van der Waals surface area contributed by atoms with Gasteiger partial charge in [0, 0.05) is 6.54 Å². The van der Waals surface area contributed by atoms with Crippen LogP contribution in [0.3, 0.4) is 0 Å². The predicted octanol–water partition coefficient (Wildman–Crippen LogP) is 0.991. The van der Waals surface area contributed by atoms with Gasteiger partial charge in [0.2, 0.25) is 10.0 Å².